The molecule has 3 rings (SSSR count). The molecule has 3 aliphatic heterocycles. The van der Waals surface area contributed by atoms with Gasteiger partial charge in [-0.05, 0) is 43.3 Å². The Bertz CT molecular complexity index is 395. The molecule has 3 heterocycles. The van der Waals surface area contributed by atoms with Crippen LogP contribution in [0, 0.1) is 5.92 Å². The van der Waals surface area contributed by atoms with Gasteiger partial charge in [0.2, 0.25) is 5.91 Å². The van der Waals surface area contributed by atoms with Gasteiger partial charge in [0.05, 0.1) is 0 Å². The van der Waals surface area contributed by atoms with Crippen molar-refractivity contribution in [1.82, 2.24) is 4.90 Å². The molecule has 1 fully saturated rings. The molecule has 0 spiro atoms. The summed E-state index contributed by atoms with van der Waals surface area (Å²) in [6, 6.07) is 0.420. The van der Waals surface area contributed by atoms with Crippen molar-refractivity contribution in [2.24, 2.45) is 10.9 Å². The predicted molar refractivity (Wildman–Crippen MR) is 63.2 cm³/mol. The van der Waals surface area contributed by atoms with Gasteiger partial charge in [-0.25, -0.2) is 0 Å². The predicted octanol–water partition coefficient (Wildman–Crippen LogP) is 1.91. The maximum Gasteiger partial charge on any atom is 0.246 e. The molecule has 2 unspecified atom stereocenters. The minimum absolute atomic E-state index is 0.173. The van der Waals surface area contributed by atoms with Crippen LogP contribution in [0.2, 0.25) is 0 Å². The van der Waals surface area contributed by atoms with Crippen LogP contribution in [0.5, 0.6) is 0 Å². The van der Waals surface area contributed by atoms with E-state index in [-0.39, 0.29) is 5.91 Å². The highest BCUT2D eigenvalue weighted by Crippen LogP contribution is 2.32. The molecule has 3 aliphatic rings. The standard InChI is InChI=1S/C13H16N2O/c16-13-3-1-2-12-5-4-10-6-7-14-8-11(10)9-15(12)13/h1,3,7-8,10,12H,2,4-6,9H2. The van der Waals surface area contributed by atoms with Crippen molar-refractivity contribution < 1.29 is 4.79 Å². The van der Waals surface area contributed by atoms with E-state index in [0.717, 1.165) is 25.8 Å². The van der Waals surface area contributed by atoms with Gasteiger partial charge in [-0.2, -0.15) is 0 Å². The summed E-state index contributed by atoms with van der Waals surface area (Å²) in [6.45, 7) is 0.788. The normalized spacial score (nSPS) is 32.9. The first kappa shape index (κ1) is 9.82. The van der Waals surface area contributed by atoms with Crippen molar-refractivity contribution in [2.75, 3.05) is 6.54 Å². The SMILES string of the molecule is O=C1C=CCC2CCC3CC=NC=C3CN12. The Balaban J connectivity index is 1.88. The molecule has 0 aromatic rings. The minimum atomic E-state index is 0.173. The fourth-order valence-electron chi connectivity index (χ4n) is 2.87. The lowest BCUT2D eigenvalue weighted by Crippen LogP contribution is -2.41. The zero-order chi connectivity index (χ0) is 11.0. The summed E-state index contributed by atoms with van der Waals surface area (Å²) >= 11 is 0. The third kappa shape index (κ3) is 1.60. The number of hydrogen-bond acceptors (Lipinski definition) is 2. The smallest absolute Gasteiger partial charge is 0.246 e. The van der Waals surface area contributed by atoms with Gasteiger partial charge in [0.1, 0.15) is 0 Å². The number of hydrogen-bond donors (Lipinski definition) is 0. The Morgan fingerprint density at radius 2 is 2.25 bits per heavy atom. The molecule has 0 aromatic heterocycles. The minimum Gasteiger partial charge on any atom is -0.332 e. The Morgan fingerprint density at radius 3 is 3.19 bits per heavy atom. The molecule has 0 saturated carbocycles. The number of fused-ring (bicyclic) bond motifs is 2. The fourth-order valence-corrected chi connectivity index (χ4v) is 2.87. The number of amides is 1. The van der Waals surface area contributed by atoms with Gasteiger partial charge in [0, 0.05) is 25.0 Å². The second-order valence-electron chi connectivity index (χ2n) is 4.80. The van der Waals surface area contributed by atoms with E-state index in [9.17, 15) is 4.79 Å². The van der Waals surface area contributed by atoms with Crippen LogP contribution in [-0.2, 0) is 4.79 Å². The van der Waals surface area contributed by atoms with E-state index in [1.165, 1.54) is 12.0 Å². The van der Waals surface area contributed by atoms with E-state index in [1.807, 2.05) is 23.4 Å². The lowest BCUT2D eigenvalue weighted by Gasteiger charge is -2.31. The first-order valence-corrected chi connectivity index (χ1v) is 6.02. The lowest BCUT2D eigenvalue weighted by atomic mass is 9.91. The fraction of sp³-hybridized carbons (Fsp3) is 0.538. The Kier molecular flexibility index (Phi) is 2.39. The van der Waals surface area contributed by atoms with Crippen LogP contribution in [0.4, 0.5) is 0 Å². The van der Waals surface area contributed by atoms with E-state index < -0.39 is 0 Å². The van der Waals surface area contributed by atoms with Crippen LogP contribution >= 0.6 is 0 Å². The quantitative estimate of drug-likeness (QED) is 0.609. The van der Waals surface area contributed by atoms with Crippen molar-refractivity contribution in [3.8, 4) is 0 Å². The third-order valence-corrected chi connectivity index (χ3v) is 3.85. The molecule has 3 heteroatoms. The van der Waals surface area contributed by atoms with Crippen LogP contribution in [0.15, 0.2) is 28.9 Å². The highest BCUT2D eigenvalue weighted by atomic mass is 16.2. The zero-order valence-electron chi connectivity index (χ0n) is 9.30. The summed E-state index contributed by atoms with van der Waals surface area (Å²) in [5, 5.41) is 0. The van der Waals surface area contributed by atoms with Crippen molar-refractivity contribution in [1.29, 1.82) is 0 Å². The molecule has 1 amide bonds. The zero-order valence-corrected chi connectivity index (χ0v) is 9.30. The first-order chi connectivity index (χ1) is 7.84. The second kappa shape index (κ2) is 3.89. The Labute approximate surface area is 95.5 Å². The van der Waals surface area contributed by atoms with Gasteiger partial charge in [-0.3, -0.25) is 9.79 Å². The van der Waals surface area contributed by atoms with Crippen LogP contribution < -0.4 is 0 Å². The summed E-state index contributed by atoms with van der Waals surface area (Å²) in [6.07, 6.45) is 12.1. The molecule has 0 radical (unpaired) electrons. The van der Waals surface area contributed by atoms with E-state index >= 15 is 0 Å². The largest absolute Gasteiger partial charge is 0.332 e. The van der Waals surface area contributed by atoms with Gasteiger partial charge in [0.15, 0.2) is 0 Å². The average Bonchev–Trinajstić information content (AvgIpc) is 2.50. The van der Waals surface area contributed by atoms with Gasteiger partial charge < -0.3 is 4.90 Å². The molecular weight excluding hydrogens is 200 g/mol. The molecule has 0 aliphatic carbocycles. The molecule has 84 valence electrons. The van der Waals surface area contributed by atoms with Crippen molar-refractivity contribution >= 4 is 12.1 Å². The van der Waals surface area contributed by atoms with Gasteiger partial charge in [-0.1, -0.05) is 6.08 Å². The maximum absolute atomic E-state index is 11.8. The van der Waals surface area contributed by atoms with E-state index in [2.05, 4.69) is 4.99 Å². The number of aliphatic imine (C=N–C) groups is 1. The first-order valence-electron chi connectivity index (χ1n) is 6.02. The molecule has 16 heavy (non-hydrogen) atoms. The number of carbonyl (C=O) groups is 1. The van der Waals surface area contributed by atoms with Crippen LogP contribution in [0.3, 0.4) is 0 Å². The summed E-state index contributed by atoms with van der Waals surface area (Å²) in [5.74, 6) is 0.795. The van der Waals surface area contributed by atoms with E-state index in [1.54, 1.807) is 6.08 Å². The molecule has 2 atom stereocenters. The van der Waals surface area contributed by atoms with Crippen molar-refractivity contribution in [2.45, 2.75) is 31.7 Å². The number of rotatable bonds is 0. The van der Waals surface area contributed by atoms with Crippen LogP contribution in [0.25, 0.3) is 0 Å². The van der Waals surface area contributed by atoms with E-state index in [4.69, 9.17) is 0 Å². The summed E-state index contributed by atoms with van der Waals surface area (Å²) in [7, 11) is 0. The molecule has 0 bridgehead atoms. The van der Waals surface area contributed by atoms with Crippen molar-refractivity contribution in [3.63, 3.8) is 0 Å². The highest BCUT2D eigenvalue weighted by Gasteiger charge is 2.31. The molecule has 1 saturated heterocycles. The summed E-state index contributed by atoms with van der Waals surface area (Å²) < 4.78 is 0. The molecule has 0 aromatic carbocycles. The summed E-state index contributed by atoms with van der Waals surface area (Å²) in [5.41, 5.74) is 1.34. The monoisotopic (exact) mass is 216 g/mol. The Morgan fingerprint density at radius 1 is 1.31 bits per heavy atom. The summed E-state index contributed by atoms with van der Waals surface area (Å²) in [4.78, 5) is 18.1. The van der Waals surface area contributed by atoms with Crippen molar-refractivity contribution in [3.05, 3.63) is 23.9 Å². The molecule has 0 N–H and O–H groups in total. The molecule has 3 nitrogen and oxygen atoms in total. The number of nitrogens with zero attached hydrogens (tertiary/aromatic N) is 2. The third-order valence-electron chi connectivity index (χ3n) is 3.85. The van der Waals surface area contributed by atoms with Gasteiger partial charge in [0.25, 0.3) is 0 Å². The van der Waals surface area contributed by atoms with Gasteiger partial charge >= 0.3 is 0 Å². The topological polar surface area (TPSA) is 32.7 Å². The second-order valence-corrected chi connectivity index (χ2v) is 4.80. The van der Waals surface area contributed by atoms with Crippen LogP contribution in [-0.4, -0.2) is 29.6 Å². The molecular formula is C13H16N2O. The maximum atomic E-state index is 11.8. The average molecular weight is 216 g/mol. The van der Waals surface area contributed by atoms with E-state index in [0.29, 0.717) is 12.0 Å². The van der Waals surface area contributed by atoms with Crippen LogP contribution in [0.1, 0.15) is 25.7 Å². The van der Waals surface area contributed by atoms with Gasteiger partial charge in [-0.15, -0.1) is 0 Å². The lowest BCUT2D eigenvalue weighted by molar-refractivity contribution is -0.128. The highest BCUT2D eigenvalue weighted by molar-refractivity contribution is 5.89. The number of carbonyl (C=O) groups excluding carboxylic acids is 1. The Hall–Kier alpha value is -1.38.